The predicted octanol–water partition coefficient (Wildman–Crippen LogP) is 3.62. The molecule has 0 spiro atoms. The smallest absolute Gasteiger partial charge is 0.444 e. The number of ether oxygens (including phenoxy) is 1. The second-order valence-corrected chi connectivity index (χ2v) is 7.92. The predicted molar refractivity (Wildman–Crippen MR) is 89.7 cm³/mol. The van der Waals surface area contributed by atoms with Gasteiger partial charge in [-0.3, -0.25) is 9.69 Å². The summed E-state index contributed by atoms with van der Waals surface area (Å²) in [5, 5.41) is 3.69. The van der Waals surface area contributed by atoms with Gasteiger partial charge in [-0.2, -0.15) is 13.2 Å². The number of azide groups is 1. The normalized spacial score (nSPS) is 23.9. The molecular weight excluding hydrogens is 367 g/mol. The van der Waals surface area contributed by atoms with Gasteiger partial charge in [0.05, 0.1) is 6.04 Å². The third-order valence-corrected chi connectivity index (χ3v) is 4.66. The van der Waals surface area contributed by atoms with Crippen molar-refractivity contribution >= 4 is 12.0 Å². The zero-order valence-electron chi connectivity index (χ0n) is 15.6. The van der Waals surface area contributed by atoms with E-state index < -0.39 is 29.8 Å². The lowest BCUT2D eigenvalue weighted by atomic mass is 9.89. The molecule has 0 aromatic rings. The number of carbonyl (C=O) groups excluding carboxylic acids is 2. The van der Waals surface area contributed by atoms with Crippen LogP contribution >= 0.6 is 0 Å². The number of hydrogen-bond donors (Lipinski definition) is 0. The lowest BCUT2D eigenvalue weighted by Crippen LogP contribution is -2.66. The first-order valence-corrected chi connectivity index (χ1v) is 8.84. The quantitative estimate of drug-likeness (QED) is 0.417. The highest BCUT2D eigenvalue weighted by Crippen LogP contribution is 2.32. The standard InChI is InChI=1S/C16H24F3N5O3/c1-15(2,3)27-14(26)24(11-6-4-10(5-7-11)21-22-20)12-8-23(9-12)13(25)16(17,18)19/h10-12H,4-9H2,1-3H3. The van der Waals surface area contributed by atoms with E-state index in [0.717, 1.165) is 0 Å². The largest absolute Gasteiger partial charge is 0.471 e. The maximum atomic E-state index is 12.7. The first-order chi connectivity index (χ1) is 12.4. The molecule has 0 unspecified atom stereocenters. The van der Waals surface area contributed by atoms with Crippen LogP contribution < -0.4 is 0 Å². The molecule has 11 heteroatoms. The zero-order valence-corrected chi connectivity index (χ0v) is 15.6. The fourth-order valence-corrected chi connectivity index (χ4v) is 3.41. The number of carbonyl (C=O) groups is 2. The Hall–Kier alpha value is -2.16. The van der Waals surface area contributed by atoms with Crippen LogP contribution in [0.15, 0.2) is 5.11 Å². The minimum atomic E-state index is -4.92. The third-order valence-electron chi connectivity index (χ3n) is 4.66. The van der Waals surface area contributed by atoms with Crippen molar-refractivity contribution in [3.05, 3.63) is 10.4 Å². The summed E-state index contributed by atoms with van der Waals surface area (Å²) in [6.45, 7) is 4.79. The van der Waals surface area contributed by atoms with E-state index in [-0.39, 0.29) is 25.2 Å². The highest BCUT2D eigenvalue weighted by Gasteiger charge is 2.50. The first kappa shape index (κ1) is 21.1. The Balaban J connectivity index is 2.07. The molecular formula is C16H24F3N5O3. The molecule has 1 aliphatic heterocycles. The van der Waals surface area contributed by atoms with Gasteiger partial charge in [-0.1, -0.05) is 5.11 Å². The van der Waals surface area contributed by atoms with Crippen LogP contribution in [0.5, 0.6) is 0 Å². The summed E-state index contributed by atoms with van der Waals surface area (Å²) in [7, 11) is 0. The van der Waals surface area contributed by atoms with Gasteiger partial charge < -0.3 is 9.64 Å². The molecule has 0 radical (unpaired) electrons. The molecule has 1 saturated carbocycles. The number of halogens is 3. The lowest BCUT2D eigenvalue weighted by molar-refractivity contribution is -0.192. The van der Waals surface area contributed by atoms with Crippen molar-refractivity contribution in [2.45, 2.75) is 76.4 Å². The highest BCUT2D eigenvalue weighted by atomic mass is 19.4. The summed E-state index contributed by atoms with van der Waals surface area (Å²) in [6.07, 6.45) is -3.22. The number of hydrogen-bond acceptors (Lipinski definition) is 4. The van der Waals surface area contributed by atoms with Crippen molar-refractivity contribution in [1.82, 2.24) is 9.80 Å². The van der Waals surface area contributed by atoms with Gasteiger partial charge in [0.25, 0.3) is 0 Å². The zero-order chi connectivity index (χ0) is 20.4. The molecule has 2 aliphatic rings. The summed E-state index contributed by atoms with van der Waals surface area (Å²) in [6, 6.07) is -0.887. The number of nitrogens with zero attached hydrogens (tertiary/aromatic N) is 5. The lowest BCUT2D eigenvalue weighted by Gasteiger charge is -2.49. The average molecular weight is 391 g/mol. The van der Waals surface area contributed by atoms with Crippen LogP contribution in [0, 0.1) is 0 Å². The summed E-state index contributed by atoms with van der Waals surface area (Å²) < 4.78 is 43.1. The fourth-order valence-electron chi connectivity index (χ4n) is 3.41. The molecule has 27 heavy (non-hydrogen) atoms. The van der Waals surface area contributed by atoms with Gasteiger partial charge in [-0.05, 0) is 52.0 Å². The Bertz CT molecular complexity index is 614. The van der Waals surface area contributed by atoms with Gasteiger partial charge in [0.15, 0.2) is 0 Å². The molecule has 1 aliphatic carbocycles. The second kappa shape index (κ2) is 7.84. The summed E-state index contributed by atoms with van der Waals surface area (Å²) >= 11 is 0. The molecule has 0 bridgehead atoms. The maximum Gasteiger partial charge on any atom is 0.471 e. The van der Waals surface area contributed by atoms with Crippen molar-refractivity contribution in [3.8, 4) is 0 Å². The van der Waals surface area contributed by atoms with E-state index in [0.29, 0.717) is 30.6 Å². The molecule has 1 saturated heterocycles. The summed E-state index contributed by atoms with van der Waals surface area (Å²) in [4.78, 5) is 28.9. The Morgan fingerprint density at radius 2 is 1.67 bits per heavy atom. The molecule has 2 fully saturated rings. The van der Waals surface area contributed by atoms with Gasteiger partial charge in [0.1, 0.15) is 5.60 Å². The minimum Gasteiger partial charge on any atom is -0.444 e. The Morgan fingerprint density at radius 1 is 1.11 bits per heavy atom. The van der Waals surface area contributed by atoms with Crippen LogP contribution in [-0.2, 0) is 9.53 Å². The van der Waals surface area contributed by atoms with Crippen LogP contribution in [0.3, 0.4) is 0 Å². The minimum absolute atomic E-state index is 0.142. The molecule has 0 atom stereocenters. The Labute approximate surface area is 155 Å². The molecule has 0 aromatic heterocycles. The maximum absolute atomic E-state index is 12.7. The highest BCUT2D eigenvalue weighted by molar-refractivity contribution is 5.83. The van der Waals surface area contributed by atoms with Gasteiger partial charge >= 0.3 is 18.2 Å². The summed E-state index contributed by atoms with van der Waals surface area (Å²) in [5.41, 5.74) is 7.79. The fraction of sp³-hybridized carbons (Fsp3) is 0.875. The van der Waals surface area contributed by atoms with Gasteiger partial charge in [-0.15, -0.1) is 0 Å². The monoisotopic (exact) mass is 391 g/mol. The average Bonchev–Trinajstić information content (AvgIpc) is 2.48. The number of alkyl halides is 3. The van der Waals surface area contributed by atoms with Crippen molar-refractivity contribution in [1.29, 1.82) is 0 Å². The van der Waals surface area contributed by atoms with Gasteiger partial charge in [0.2, 0.25) is 0 Å². The third kappa shape index (κ3) is 5.41. The van der Waals surface area contributed by atoms with Crippen LogP contribution in [0.1, 0.15) is 46.5 Å². The van der Waals surface area contributed by atoms with E-state index in [9.17, 15) is 22.8 Å². The van der Waals surface area contributed by atoms with Crippen LogP contribution in [0.25, 0.3) is 10.4 Å². The van der Waals surface area contributed by atoms with Crippen LogP contribution in [-0.4, -0.2) is 64.8 Å². The SMILES string of the molecule is CC(C)(C)OC(=O)N(C1CCC(N=[N+]=[N-])CC1)C1CN(C(=O)C(F)(F)F)C1. The molecule has 0 N–H and O–H groups in total. The van der Waals surface area contributed by atoms with Crippen molar-refractivity contribution in [2.75, 3.05) is 13.1 Å². The van der Waals surface area contributed by atoms with E-state index in [1.54, 1.807) is 20.8 Å². The van der Waals surface area contributed by atoms with Crippen molar-refractivity contribution in [3.63, 3.8) is 0 Å². The van der Waals surface area contributed by atoms with E-state index >= 15 is 0 Å². The number of likely N-dealkylation sites (tertiary alicyclic amines) is 1. The van der Waals surface area contributed by atoms with Gasteiger partial charge in [0, 0.05) is 30.1 Å². The number of amides is 2. The molecule has 0 aromatic carbocycles. The number of rotatable bonds is 3. The molecule has 152 valence electrons. The second-order valence-electron chi connectivity index (χ2n) is 7.92. The molecule has 1 heterocycles. The van der Waals surface area contributed by atoms with E-state index in [1.165, 1.54) is 4.90 Å². The van der Waals surface area contributed by atoms with Gasteiger partial charge in [-0.25, -0.2) is 4.79 Å². The van der Waals surface area contributed by atoms with E-state index in [4.69, 9.17) is 10.3 Å². The molecule has 2 rings (SSSR count). The Morgan fingerprint density at radius 3 is 2.11 bits per heavy atom. The van der Waals surface area contributed by atoms with Crippen LogP contribution in [0.4, 0.5) is 18.0 Å². The van der Waals surface area contributed by atoms with Crippen molar-refractivity contribution in [2.24, 2.45) is 5.11 Å². The van der Waals surface area contributed by atoms with E-state index in [1.807, 2.05) is 0 Å². The van der Waals surface area contributed by atoms with E-state index in [2.05, 4.69) is 10.0 Å². The summed E-state index contributed by atoms with van der Waals surface area (Å²) in [5.74, 6) is -1.89. The molecule has 2 amide bonds. The first-order valence-electron chi connectivity index (χ1n) is 8.84. The van der Waals surface area contributed by atoms with Crippen LogP contribution in [0.2, 0.25) is 0 Å². The van der Waals surface area contributed by atoms with Crippen molar-refractivity contribution < 1.29 is 27.5 Å². The molecule has 8 nitrogen and oxygen atoms in total. The Kier molecular flexibility index (Phi) is 6.14. The topological polar surface area (TPSA) is 98.6 Å².